The minimum atomic E-state index is -1.40. The molecular formula is C28H25N3O4. The van der Waals surface area contributed by atoms with Gasteiger partial charge < -0.3 is 15.1 Å². The third-order valence-electron chi connectivity index (χ3n) is 5.86. The van der Waals surface area contributed by atoms with Gasteiger partial charge in [0.1, 0.15) is 0 Å². The van der Waals surface area contributed by atoms with Gasteiger partial charge in [0.05, 0.1) is 5.71 Å². The van der Waals surface area contributed by atoms with Crippen LogP contribution in [0.5, 0.6) is 5.88 Å². The fraction of sp³-hybridized carbons (Fsp3) is 0.143. The second-order valence-corrected chi connectivity index (χ2v) is 8.22. The molecule has 2 heterocycles. The number of carboxylic acid groups (broad SMARTS) is 1. The van der Waals surface area contributed by atoms with E-state index in [-0.39, 0.29) is 11.8 Å². The Morgan fingerprint density at radius 2 is 1.80 bits per heavy atom. The Labute approximate surface area is 203 Å². The van der Waals surface area contributed by atoms with Crippen LogP contribution in [0.3, 0.4) is 0 Å². The molecule has 7 nitrogen and oxygen atoms in total. The summed E-state index contributed by atoms with van der Waals surface area (Å²) in [6.07, 6.45) is 2.38. The van der Waals surface area contributed by atoms with Crippen molar-refractivity contribution in [1.82, 2.24) is 9.97 Å². The largest absolute Gasteiger partial charge is 0.512 e. The number of carbonyl (C=O) groups is 1. The van der Waals surface area contributed by atoms with Crippen molar-refractivity contribution in [2.45, 2.75) is 26.2 Å². The molecule has 1 atom stereocenters. The molecule has 0 saturated carbocycles. The van der Waals surface area contributed by atoms with Gasteiger partial charge in [-0.3, -0.25) is 4.98 Å². The molecule has 0 saturated heterocycles. The van der Waals surface area contributed by atoms with E-state index in [0.29, 0.717) is 12.1 Å². The minimum absolute atomic E-state index is 0.0200. The van der Waals surface area contributed by atoms with Gasteiger partial charge in [-0.15, -0.1) is 0 Å². The quantitative estimate of drug-likeness (QED) is 0.145. The van der Waals surface area contributed by atoms with Crippen LogP contribution < -0.4 is 4.74 Å². The Kier molecular flexibility index (Phi) is 7.16. The first-order valence-electron chi connectivity index (χ1n) is 11.1. The molecule has 0 amide bonds. The van der Waals surface area contributed by atoms with E-state index in [1.54, 1.807) is 18.5 Å². The van der Waals surface area contributed by atoms with Crippen LogP contribution in [0.4, 0.5) is 4.79 Å². The summed E-state index contributed by atoms with van der Waals surface area (Å²) < 4.78 is 4.61. The molecule has 0 spiro atoms. The first-order valence-corrected chi connectivity index (χ1v) is 11.1. The fourth-order valence-electron chi connectivity index (χ4n) is 4.16. The van der Waals surface area contributed by atoms with Crippen LogP contribution in [0.1, 0.15) is 40.3 Å². The number of pyridine rings is 2. The van der Waals surface area contributed by atoms with Gasteiger partial charge in [0.2, 0.25) is 5.88 Å². The van der Waals surface area contributed by atoms with E-state index in [1.807, 2.05) is 43.3 Å². The molecular weight excluding hydrogens is 442 g/mol. The van der Waals surface area contributed by atoms with Crippen molar-refractivity contribution in [3.63, 3.8) is 0 Å². The van der Waals surface area contributed by atoms with E-state index < -0.39 is 6.16 Å². The van der Waals surface area contributed by atoms with Crippen molar-refractivity contribution in [2.24, 2.45) is 5.16 Å². The van der Waals surface area contributed by atoms with E-state index in [4.69, 9.17) is 5.11 Å². The molecule has 1 unspecified atom stereocenters. The standard InChI is InChI=1S/C28H25N3O4/c1-18-6-3-4-9-24(18)25(16-26(31-34)22-12-13-29-19(2)14-22)21-8-5-7-20(15-21)23-10-11-27(30-17-23)35-28(32)33/h3-15,17,25,34H,16H2,1-2H3,(H,32,33). The number of ether oxygens (including phenoxy) is 1. The van der Waals surface area contributed by atoms with Crippen molar-refractivity contribution >= 4 is 11.9 Å². The van der Waals surface area contributed by atoms with Gasteiger partial charge >= 0.3 is 6.16 Å². The summed E-state index contributed by atoms with van der Waals surface area (Å²) in [4.78, 5) is 19.1. The van der Waals surface area contributed by atoms with E-state index in [1.165, 1.54) is 6.07 Å². The molecule has 0 aliphatic rings. The summed E-state index contributed by atoms with van der Waals surface area (Å²) in [5, 5.41) is 22.3. The monoisotopic (exact) mass is 467 g/mol. The van der Waals surface area contributed by atoms with E-state index in [9.17, 15) is 10.0 Å². The van der Waals surface area contributed by atoms with Crippen LogP contribution in [-0.4, -0.2) is 32.1 Å². The average Bonchev–Trinajstić information content (AvgIpc) is 2.86. The molecule has 4 aromatic rings. The molecule has 0 fully saturated rings. The van der Waals surface area contributed by atoms with Crippen molar-refractivity contribution < 1.29 is 19.8 Å². The van der Waals surface area contributed by atoms with Gasteiger partial charge in [-0.2, -0.15) is 0 Å². The summed E-state index contributed by atoms with van der Waals surface area (Å²) in [7, 11) is 0. The number of oxime groups is 1. The summed E-state index contributed by atoms with van der Waals surface area (Å²) in [5.41, 5.74) is 7.34. The Balaban J connectivity index is 1.73. The second-order valence-electron chi connectivity index (χ2n) is 8.22. The summed E-state index contributed by atoms with van der Waals surface area (Å²) in [6, 6.07) is 23.3. The lowest BCUT2D eigenvalue weighted by atomic mass is 9.82. The maximum Gasteiger partial charge on any atom is 0.512 e. The van der Waals surface area contributed by atoms with Gasteiger partial charge in [-0.25, -0.2) is 9.78 Å². The lowest BCUT2D eigenvalue weighted by Crippen LogP contribution is -2.12. The number of rotatable bonds is 7. The Hall–Kier alpha value is -4.52. The molecule has 0 aliphatic carbocycles. The predicted octanol–water partition coefficient (Wildman–Crippen LogP) is 6.22. The van der Waals surface area contributed by atoms with E-state index in [2.05, 4.69) is 51.0 Å². The minimum Gasteiger partial charge on any atom is -0.449 e. The lowest BCUT2D eigenvalue weighted by Gasteiger charge is -2.21. The highest BCUT2D eigenvalue weighted by atomic mass is 16.7. The third-order valence-corrected chi connectivity index (χ3v) is 5.86. The molecule has 35 heavy (non-hydrogen) atoms. The fourth-order valence-corrected chi connectivity index (χ4v) is 4.16. The van der Waals surface area contributed by atoms with Crippen molar-refractivity contribution in [2.75, 3.05) is 0 Å². The first-order chi connectivity index (χ1) is 16.9. The van der Waals surface area contributed by atoms with Crippen molar-refractivity contribution in [3.05, 3.63) is 113 Å². The van der Waals surface area contributed by atoms with Crippen molar-refractivity contribution in [1.29, 1.82) is 0 Å². The van der Waals surface area contributed by atoms with E-state index >= 15 is 0 Å². The average molecular weight is 468 g/mol. The maximum absolute atomic E-state index is 10.7. The zero-order valence-electron chi connectivity index (χ0n) is 19.4. The summed E-state index contributed by atoms with van der Waals surface area (Å²) in [5.74, 6) is -0.0512. The normalized spacial score (nSPS) is 12.2. The summed E-state index contributed by atoms with van der Waals surface area (Å²) >= 11 is 0. The van der Waals surface area contributed by atoms with Gasteiger partial charge in [0, 0.05) is 47.6 Å². The number of aromatic nitrogens is 2. The van der Waals surface area contributed by atoms with Crippen LogP contribution in [0.15, 0.2) is 90.3 Å². The SMILES string of the molecule is Cc1cc(C(CC(c2cccc(-c3ccc(OC(=O)O)nc3)c2)c2ccccc2C)=NO)ccn1. The highest BCUT2D eigenvalue weighted by Crippen LogP contribution is 2.34. The molecule has 0 aliphatic heterocycles. The summed E-state index contributed by atoms with van der Waals surface area (Å²) in [6.45, 7) is 3.98. The predicted molar refractivity (Wildman–Crippen MR) is 133 cm³/mol. The van der Waals surface area contributed by atoms with Gasteiger partial charge in [-0.05, 0) is 54.3 Å². The number of hydrogen-bond acceptors (Lipinski definition) is 6. The Bertz CT molecular complexity index is 1370. The maximum atomic E-state index is 10.7. The molecule has 2 aromatic carbocycles. The highest BCUT2D eigenvalue weighted by molar-refractivity contribution is 6.01. The third kappa shape index (κ3) is 5.70. The molecule has 7 heteroatoms. The molecule has 2 aromatic heterocycles. The Morgan fingerprint density at radius 3 is 2.49 bits per heavy atom. The Morgan fingerprint density at radius 1 is 0.971 bits per heavy atom. The zero-order chi connectivity index (χ0) is 24.8. The van der Waals surface area contributed by atoms with Crippen LogP contribution in [0, 0.1) is 13.8 Å². The second kappa shape index (κ2) is 10.6. The molecule has 4 rings (SSSR count). The van der Waals surface area contributed by atoms with Crippen molar-refractivity contribution in [3.8, 4) is 17.0 Å². The van der Waals surface area contributed by atoms with Gasteiger partial charge in [0.15, 0.2) is 0 Å². The molecule has 176 valence electrons. The molecule has 0 radical (unpaired) electrons. The van der Waals surface area contributed by atoms with Gasteiger partial charge in [0.25, 0.3) is 0 Å². The lowest BCUT2D eigenvalue weighted by molar-refractivity contribution is 0.142. The zero-order valence-corrected chi connectivity index (χ0v) is 19.4. The number of nitrogens with zero attached hydrogens (tertiary/aromatic N) is 3. The van der Waals surface area contributed by atoms with E-state index in [0.717, 1.165) is 39.1 Å². The first kappa shape index (κ1) is 23.6. The highest BCUT2D eigenvalue weighted by Gasteiger charge is 2.21. The van der Waals surface area contributed by atoms with Crippen LogP contribution in [-0.2, 0) is 0 Å². The topological polar surface area (TPSA) is 105 Å². The van der Waals surface area contributed by atoms with Crippen LogP contribution >= 0.6 is 0 Å². The number of aryl methyl sites for hydroxylation is 2. The van der Waals surface area contributed by atoms with Gasteiger partial charge in [-0.1, -0.05) is 53.7 Å². The molecule has 2 N–H and O–H groups in total. The van der Waals surface area contributed by atoms with Crippen LogP contribution in [0.25, 0.3) is 11.1 Å². The molecule has 0 bridgehead atoms. The van der Waals surface area contributed by atoms with Crippen LogP contribution in [0.2, 0.25) is 0 Å². The number of hydrogen-bond donors (Lipinski definition) is 2. The number of benzene rings is 2. The smallest absolute Gasteiger partial charge is 0.449 e.